The fraction of sp³-hybridized carbons (Fsp3) is 0. The molecule has 0 aliphatic rings. The smallest absolute Gasteiger partial charge is 0.163 e. The average molecular weight is 1900 g/mol. The number of hydrogen-bond acceptors (Lipinski definition) is 12. The lowest BCUT2D eigenvalue weighted by atomic mass is 10.00. The molecule has 0 saturated carbocycles. The minimum atomic E-state index is -0.454. The molecule has 0 aliphatic carbocycles. The molecule has 0 bridgehead atoms. The average Bonchev–Trinajstić information content (AvgIpc) is 1.54. The van der Waals surface area contributed by atoms with Gasteiger partial charge in [0.25, 0.3) is 0 Å². The summed E-state index contributed by atoms with van der Waals surface area (Å²) >= 11 is 5.58. The number of fused-ring (bicyclic) bond motifs is 33. The first kappa shape index (κ1) is 77.4. The van der Waals surface area contributed by atoms with E-state index in [1.165, 1.54) is 153 Å². The molecule has 0 unspecified atom stereocenters. The summed E-state index contributed by atoms with van der Waals surface area (Å²) in [5.41, 5.74) is 20.8. The van der Waals surface area contributed by atoms with Gasteiger partial charge in [0.15, 0.2) is 34.4 Å². The largest absolute Gasteiger partial charge is 0.309 e. The van der Waals surface area contributed by atoms with E-state index in [1.54, 1.807) is 30.7 Å². The Morgan fingerprint density at radius 2 is 0.465 bits per heavy atom. The maximum absolute atomic E-state index is 8.72. The second-order valence-electron chi connectivity index (χ2n) is 36.0. The molecule has 31 aromatic rings. The van der Waals surface area contributed by atoms with Crippen LogP contribution < -0.4 is 0 Å². The molecule has 0 aliphatic heterocycles. The third-order valence-corrected chi connectivity index (χ3v) is 31.6. The Morgan fingerprint density at radius 1 is 0.194 bits per heavy atom. The fourth-order valence-electron chi connectivity index (χ4n) is 21.8. The lowest BCUT2D eigenvalue weighted by Crippen LogP contribution is -1.99. The Morgan fingerprint density at radius 3 is 0.826 bits per heavy atom. The second kappa shape index (κ2) is 33.7. The van der Waals surface area contributed by atoms with Crippen LogP contribution in [0, 0.1) is 0 Å². The van der Waals surface area contributed by atoms with Gasteiger partial charge < -0.3 is 13.7 Å². The number of rotatable bonds is 10. The van der Waals surface area contributed by atoms with Crippen LogP contribution in [0.15, 0.2) is 461 Å². The highest BCUT2D eigenvalue weighted by Crippen LogP contribution is 2.53. The topological polar surface area (TPSA) is 131 Å². The standard InChI is InChI=1S/C47H28N4S.2C41H24N4S/c1-2-12-29(13-3-1)30-23-25-31(26-24-30)43-38-20-11-27-48-47(38)50-46(49-43)32-14-10-15-33(28-32)51-39-21-8-6-18-36(39)41-34-16-4-5-17-35(34)45-42(44(41)51)37-19-7-9-22-40(37)52-45;2*1-2-12-25(13-3-1)37-32-20-11-23-42-41(32)44-40(43-37)26-14-10-15-27(24-26)45-33-21-8-6-18-30(33)35-28-16-4-5-17-29(28)39-36(38(35)45)31-19-7-9-22-34(31)46-39/h1-28H;2*1-24H/i;1D,2D,3D,12D,13D;. The first-order valence-electron chi connectivity index (χ1n) is 50.3. The molecule has 0 spiro atoms. The predicted octanol–water partition coefficient (Wildman–Crippen LogP) is 34.6. The third-order valence-electron chi connectivity index (χ3n) is 28.0. The summed E-state index contributed by atoms with van der Waals surface area (Å²) in [5, 5.41) is 24.9. The van der Waals surface area contributed by atoms with E-state index < -0.39 is 18.1 Å². The van der Waals surface area contributed by atoms with Crippen LogP contribution >= 0.6 is 34.0 Å². The van der Waals surface area contributed by atoms with Crippen molar-refractivity contribution in [1.29, 1.82) is 0 Å². The summed E-state index contributed by atoms with van der Waals surface area (Å²) < 4.78 is 57.1. The minimum Gasteiger partial charge on any atom is -0.309 e. The number of benzene rings is 19. The monoisotopic (exact) mass is 1890 g/mol. The van der Waals surface area contributed by atoms with Gasteiger partial charge in [-0.15, -0.1) is 34.0 Å². The minimum absolute atomic E-state index is 0.0137. The van der Waals surface area contributed by atoms with Gasteiger partial charge in [0.1, 0.15) is 0 Å². The van der Waals surface area contributed by atoms with E-state index in [-0.39, 0.29) is 23.3 Å². The van der Waals surface area contributed by atoms with Gasteiger partial charge in [-0.3, -0.25) is 0 Å². The van der Waals surface area contributed by atoms with E-state index in [0.29, 0.717) is 45.4 Å². The number of pyridine rings is 3. The summed E-state index contributed by atoms with van der Waals surface area (Å²) in [4.78, 5) is 44.0. The quantitative estimate of drug-likeness (QED) is 0.131. The second-order valence-corrected chi connectivity index (χ2v) is 39.2. The van der Waals surface area contributed by atoms with Crippen LogP contribution in [0.4, 0.5) is 0 Å². The molecule has 0 N–H and O–H groups in total. The van der Waals surface area contributed by atoms with Crippen molar-refractivity contribution in [2.24, 2.45) is 0 Å². The zero-order valence-electron chi connectivity index (χ0n) is 81.6. The van der Waals surface area contributed by atoms with Crippen LogP contribution in [-0.4, -0.2) is 58.6 Å². The van der Waals surface area contributed by atoms with Crippen LogP contribution in [0.1, 0.15) is 6.85 Å². The number of aromatic nitrogens is 12. The van der Waals surface area contributed by atoms with E-state index >= 15 is 0 Å². The normalized spacial score (nSPS) is 12.4. The first-order chi connectivity index (χ1) is 73.5. The Labute approximate surface area is 842 Å². The van der Waals surface area contributed by atoms with Crippen LogP contribution in [0.5, 0.6) is 0 Å². The third kappa shape index (κ3) is 13.3. The van der Waals surface area contributed by atoms with Crippen LogP contribution in [0.2, 0.25) is 0 Å². The summed E-state index contributed by atoms with van der Waals surface area (Å²) in [5.74, 6) is 1.64. The van der Waals surface area contributed by atoms with Gasteiger partial charge in [0.2, 0.25) is 0 Å². The van der Waals surface area contributed by atoms with Crippen molar-refractivity contribution in [3.05, 3.63) is 461 Å². The molecule has 12 nitrogen and oxygen atoms in total. The summed E-state index contributed by atoms with van der Waals surface area (Å²) in [6.45, 7) is 0. The first-order valence-corrected chi connectivity index (χ1v) is 50.2. The zero-order valence-corrected chi connectivity index (χ0v) is 79.0. The Hall–Kier alpha value is -18.5. The van der Waals surface area contributed by atoms with E-state index in [4.69, 9.17) is 41.7 Å². The summed E-state index contributed by atoms with van der Waals surface area (Å²) in [6.07, 6.45) is 5.22. The number of hydrogen-bond donors (Lipinski definition) is 0. The molecule has 31 rings (SSSR count). The van der Waals surface area contributed by atoms with Crippen molar-refractivity contribution >= 4 is 225 Å². The molecule has 15 heteroatoms. The molecule has 144 heavy (non-hydrogen) atoms. The van der Waals surface area contributed by atoms with Gasteiger partial charge in [-0.25, -0.2) is 44.9 Å². The van der Waals surface area contributed by atoms with Gasteiger partial charge in [0.05, 0.1) is 57.0 Å². The molecule has 0 atom stereocenters. The van der Waals surface area contributed by atoms with Gasteiger partial charge in [0, 0.05) is 194 Å². The van der Waals surface area contributed by atoms with Gasteiger partial charge in [-0.1, -0.05) is 334 Å². The van der Waals surface area contributed by atoms with Crippen molar-refractivity contribution < 1.29 is 6.85 Å². The molecule has 0 saturated heterocycles. The van der Waals surface area contributed by atoms with Gasteiger partial charge in [-0.2, -0.15) is 0 Å². The molecule has 670 valence electrons. The molecule has 19 aromatic carbocycles. The predicted molar refractivity (Wildman–Crippen MR) is 604 cm³/mol. The van der Waals surface area contributed by atoms with Crippen LogP contribution in [0.25, 0.3) is 287 Å². The molecular weight excluding hydrogens is 1810 g/mol. The van der Waals surface area contributed by atoms with Crippen LogP contribution in [-0.2, 0) is 0 Å². The lowest BCUT2D eigenvalue weighted by molar-refractivity contribution is 1.16. The van der Waals surface area contributed by atoms with E-state index in [2.05, 4.69) is 369 Å². The SMILES string of the molecule is [2H]c1c([2H])c([2H])c(-c2nc(-c3cccc(-n4c5ccccc5c5c6ccccc6c6sc7ccccc7c6c54)c3)nc3ncccc23)c([2H])c1[2H].c1ccc(-c2ccc(-c3nc(-c4cccc(-n5c6ccccc6c6c7ccccc7c7sc8ccccc8c7c65)c4)nc4ncccc34)cc2)cc1.c1ccc(-c2nc(-c3cccc(-n4c5ccccc5c5c6ccccc6c6sc7ccccc7c6c54)c3)nc3ncccc23)cc1. The summed E-state index contributed by atoms with van der Waals surface area (Å²) in [6, 6.07) is 143. The lowest BCUT2D eigenvalue weighted by Gasteiger charge is -2.13. The molecule has 0 radical (unpaired) electrons. The molecule has 0 fully saturated rings. The van der Waals surface area contributed by atoms with Crippen LogP contribution in [0.3, 0.4) is 0 Å². The van der Waals surface area contributed by atoms with Crippen molar-refractivity contribution in [2.45, 2.75) is 0 Å². The van der Waals surface area contributed by atoms with Crippen molar-refractivity contribution in [3.8, 4) is 96.1 Å². The highest BCUT2D eigenvalue weighted by atomic mass is 32.1. The van der Waals surface area contributed by atoms with E-state index in [9.17, 15) is 0 Å². The molecule has 12 aromatic heterocycles. The highest BCUT2D eigenvalue weighted by Gasteiger charge is 2.29. The Kier molecular flexibility index (Phi) is 18.1. The maximum Gasteiger partial charge on any atom is 0.163 e. The van der Waals surface area contributed by atoms with E-state index in [1.807, 2.05) is 88.6 Å². The molecule has 12 heterocycles. The van der Waals surface area contributed by atoms with E-state index in [0.717, 1.165) is 77.9 Å². The molecular formula is C129H76N12S3. The number of para-hydroxylation sites is 3. The molecule has 0 amide bonds. The number of nitrogens with zero attached hydrogens (tertiary/aromatic N) is 12. The number of thiophene rings is 3. The van der Waals surface area contributed by atoms with Crippen molar-refractivity contribution in [2.75, 3.05) is 0 Å². The zero-order chi connectivity index (χ0) is 98.9. The Balaban J connectivity index is 0.000000105. The highest BCUT2D eigenvalue weighted by molar-refractivity contribution is 7.28. The summed E-state index contributed by atoms with van der Waals surface area (Å²) in [7, 11) is 0. The maximum atomic E-state index is 8.72. The fourth-order valence-corrected chi connectivity index (χ4v) is 25.6. The van der Waals surface area contributed by atoms with Gasteiger partial charge >= 0.3 is 0 Å². The van der Waals surface area contributed by atoms with Gasteiger partial charge in [-0.05, 0) is 136 Å². The Bertz CT molecular complexity index is 11100. The van der Waals surface area contributed by atoms with Crippen molar-refractivity contribution in [3.63, 3.8) is 0 Å². The van der Waals surface area contributed by atoms with Crippen molar-refractivity contribution in [1.82, 2.24) is 58.6 Å².